The molecule has 39 heavy (non-hydrogen) atoms. The predicted molar refractivity (Wildman–Crippen MR) is 160 cm³/mol. The van der Waals surface area contributed by atoms with Crippen LogP contribution in [0.25, 0.3) is 17.0 Å². The van der Waals surface area contributed by atoms with E-state index >= 15 is 0 Å². The summed E-state index contributed by atoms with van der Waals surface area (Å²) in [5.74, 6) is 0.986. The van der Waals surface area contributed by atoms with E-state index in [1.807, 2.05) is 18.2 Å². The Morgan fingerprint density at radius 3 is 2.59 bits per heavy atom. The van der Waals surface area contributed by atoms with Crippen LogP contribution in [0.3, 0.4) is 0 Å². The highest BCUT2D eigenvalue weighted by Gasteiger charge is 2.38. The third-order valence-electron chi connectivity index (χ3n) is 7.77. The Morgan fingerprint density at radius 1 is 1.08 bits per heavy atom. The number of fused-ring (bicyclic) bond motifs is 2. The fourth-order valence-electron chi connectivity index (χ4n) is 5.86. The van der Waals surface area contributed by atoms with Gasteiger partial charge in [-0.1, -0.05) is 43.5 Å². The molecule has 200 valence electrons. The molecule has 1 saturated carbocycles. The maximum absolute atomic E-state index is 13.2. The third-order valence-corrected chi connectivity index (χ3v) is 8.84. The molecule has 0 saturated heterocycles. The second-order valence-corrected chi connectivity index (χ2v) is 11.6. The molecule has 0 unspecified atom stereocenters. The van der Waals surface area contributed by atoms with Crippen LogP contribution in [0.2, 0.25) is 0 Å². The Labute approximate surface area is 233 Å². The zero-order valence-corrected chi connectivity index (χ0v) is 23.5. The fourth-order valence-corrected chi connectivity index (χ4v) is 6.92. The maximum atomic E-state index is 13.2. The highest BCUT2D eigenvalue weighted by molar-refractivity contribution is 8.27. The summed E-state index contributed by atoms with van der Waals surface area (Å²) in [6, 6.07) is 14.4. The number of carbonyl (C=O) groups excluding carboxylic acids is 1. The average molecular weight is 540 g/mol. The number of hydrazone groups is 1. The van der Waals surface area contributed by atoms with Crippen LogP contribution in [0.5, 0.6) is 5.75 Å². The molecule has 2 aromatic carbocycles. The number of rotatable bonds is 6. The lowest BCUT2D eigenvalue weighted by Crippen LogP contribution is -2.35. The van der Waals surface area contributed by atoms with Gasteiger partial charge in [-0.15, -0.1) is 0 Å². The number of nitrogens with one attached hydrogen (secondary N) is 1. The zero-order valence-electron chi connectivity index (χ0n) is 22.7. The van der Waals surface area contributed by atoms with Crippen molar-refractivity contribution in [2.75, 3.05) is 6.61 Å². The van der Waals surface area contributed by atoms with Gasteiger partial charge in [-0.05, 0) is 80.8 Å². The Kier molecular flexibility index (Phi) is 6.89. The highest BCUT2D eigenvalue weighted by atomic mass is 32.2. The molecular formula is C31H33N5O2S. The molecule has 0 spiro atoms. The summed E-state index contributed by atoms with van der Waals surface area (Å²) >= 11 is 1.45. The molecular weight excluding hydrogens is 506 g/mol. The second kappa shape index (κ2) is 10.5. The van der Waals surface area contributed by atoms with Crippen molar-refractivity contribution in [1.82, 2.24) is 9.58 Å². The lowest BCUT2D eigenvalue weighted by Gasteiger charge is -2.20. The lowest BCUT2D eigenvalue weighted by molar-refractivity contribution is -0.114. The van der Waals surface area contributed by atoms with E-state index in [0.29, 0.717) is 24.2 Å². The molecule has 8 heteroatoms. The number of amidine groups is 2. The van der Waals surface area contributed by atoms with Crippen LogP contribution in [0, 0.1) is 32.1 Å². The number of aliphatic imine (C=N–C) groups is 1. The van der Waals surface area contributed by atoms with Gasteiger partial charge in [0.05, 0.1) is 12.1 Å². The first-order valence-electron chi connectivity index (χ1n) is 13.7. The van der Waals surface area contributed by atoms with Gasteiger partial charge < -0.3 is 9.30 Å². The van der Waals surface area contributed by atoms with Gasteiger partial charge in [-0.3, -0.25) is 10.2 Å². The normalized spacial score (nSPS) is 19.1. The molecule has 3 aromatic rings. The SMILES string of the molecule is Cc1cc(C)cc(OCCn2c(C)c(/C=C3/C(=N)N4N=C(C5CCCCC5)SC4=NC3=O)c3ccccc32)c1. The Hall–Kier alpha value is -3.65. The molecule has 1 aliphatic carbocycles. The van der Waals surface area contributed by atoms with Gasteiger partial charge in [0.25, 0.3) is 5.91 Å². The molecule has 1 aromatic heterocycles. The zero-order chi connectivity index (χ0) is 27.1. The van der Waals surface area contributed by atoms with Crippen LogP contribution >= 0.6 is 11.8 Å². The Morgan fingerprint density at radius 2 is 1.82 bits per heavy atom. The quantitative estimate of drug-likeness (QED) is 0.348. The largest absolute Gasteiger partial charge is 0.492 e. The maximum Gasteiger partial charge on any atom is 0.283 e. The number of para-hydroxylation sites is 1. The van der Waals surface area contributed by atoms with Crippen molar-refractivity contribution in [2.45, 2.75) is 59.4 Å². The van der Waals surface area contributed by atoms with E-state index in [0.717, 1.165) is 45.8 Å². The first-order valence-corrected chi connectivity index (χ1v) is 14.5. The molecule has 7 nitrogen and oxygen atoms in total. The van der Waals surface area contributed by atoms with Crippen molar-refractivity contribution in [3.8, 4) is 5.75 Å². The van der Waals surface area contributed by atoms with Gasteiger partial charge >= 0.3 is 0 Å². The minimum atomic E-state index is -0.381. The minimum absolute atomic E-state index is 0.0951. The van der Waals surface area contributed by atoms with Crippen molar-refractivity contribution >= 4 is 50.7 Å². The number of carbonyl (C=O) groups is 1. The molecule has 2 aliphatic heterocycles. The summed E-state index contributed by atoms with van der Waals surface area (Å²) in [5.41, 5.74) is 5.64. The molecule has 6 rings (SSSR count). The van der Waals surface area contributed by atoms with E-state index in [1.54, 1.807) is 5.01 Å². The molecule has 3 aliphatic rings. The number of hydrogen-bond acceptors (Lipinski definition) is 5. The van der Waals surface area contributed by atoms with E-state index in [2.05, 4.69) is 60.7 Å². The molecule has 0 atom stereocenters. The van der Waals surface area contributed by atoms with Crippen LogP contribution in [0.1, 0.15) is 54.5 Å². The average Bonchev–Trinajstić information content (AvgIpc) is 3.46. The lowest BCUT2D eigenvalue weighted by atomic mass is 9.90. The number of amides is 1. The molecule has 0 radical (unpaired) electrons. The van der Waals surface area contributed by atoms with Crippen LogP contribution in [-0.4, -0.2) is 38.1 Å². The number of nitrogens with zero attached hydrogens (tertiary/aromatic N) is 4. The Balaban J connectivity index is 1.29. The van der Waals surface area contributed by atoms with Crippen molar-refractivity contribution in [3.63, 3.8) is 0 Å². The predicted octanol–water partition coefficient (Wildman–Crippen LogP) is 6.85. The Bertz CT molecular complexity index is 1550. The monoisotopic (exact) mass is 539 g/mol. The highest BCUT2D eigenvalue weighted by Crippen LogP contribution is 2.37. The number of aromatic nitrogens is 1. The van der Waals surface area contributed by atoms with Gasteiger partial charge in [-0.25, -0.2) is 0 Å². The van der Waals surface area contributed by atoms with Crippen molar-refractivity contribution < 1.29 is 9.53 Å². The second-order valence-electron chi connectivity index (χ2n) is 10.6. The van der Waals surface area contributed by atoms with Crippen molar-refractivity contribution in [2.24, 2.45) is 16.0 Å². The third kappa shape index (κ3) is 4.93. The summed E-state index contributed by atoms with van der Waals surface area (Å²) in [4.78, 5) is 17.5. The van der Waals surface area contributed by atoms with Gasteiger partial charge in [0.1, 0.15) is 17.4 Å². The summed E-state index contributed by atoms with van der Waals surface area (Å²) in [7, 11) is 0. The summed E-state index contributed by atoms with van der Waals surface area (Å²) in [6.45, 7) is 7.38. The van der Waals surface area contributed by atoms with Crippen LogP contribution in [0.4, 0.5) is 0 Å². The number of aryl methyl sites for hydroxylation is 2. The first kappa shape index (κ1) is 25.6. The molecule has 1 fully saturated rings. The number of benzene rings is 2. The molecule has 1 amide bonds. The van der Waals surface area contributed by atoms with Crippen molar-refractivity contribution in [3.05, 3.63) is 70.4 Å². The van der Waals surface area contributed by atoms with E-state index in [-0.39, 0.29) is 17.3 Å². The first-order chi connectivity index (χ1) is 18.9. The van der Waals surface area contributed by atoms with E-state index in [9.17, 15) is 4.79 Å². The van der Waals surface area contributed by atoms with Gasteiger partial charge in [0.2, 0.25) is 5.17 Å². The van der Waals surface area contributed by atoms with Crippen LogP contribution in [0.15, 0.2) is 58.1 Å². The topological polar surface area (TPSA) is 83.0 Å². The van der Waals surface area contributed by atoms with E-state index in [4.69, 9.17) is 15.2 Å². The standard InChI is InChI=1S/C31H33N5O2S/c1-19-15-20(2)17-23(16-19)38-14-13-35-21(3)25(24-11-7-8-12-27(24)35)18-26-28(32)36-31(33-29(26)37)39-30(34-36)22-9-5-4-6-10-22/h7-8,11-12,15-18,22,32H,4-6,9-10,13-14H2,1-3H3/b26-18-,32-28?. The summed E-state index contributed by atoms with van der Waals surface area (Å²) < 4.78 is 8.33. The van der Waals surface area contributed by atoms with E-state index < -0.39 is 0 Å². The van der Waals surface area contributed by atoms with E-state index in [1.165, 1.54) is 42.2 Å². The van der Waals surface area contributed by atoms with Gasteiger partial charge in [0.15, 0.2) is 5.84 Å². The van der Waals surface area contributed by atoms with Gasteiger partial charge in [0, 0.05) is 28.1 Å². The van der Waals surface area contributed by atoms with Crippen LogP contribution in [-0.2, 0) is 11.3 Å². The smallest absolute Gasteiger partial charge is 0.283 e. The number of ether oxygens (including phenoxy) is 1. The molecule has 3 heterocycles. The molecule has 1 N–H and O–H groups in total. The molecule has 0 bridgehead atoms. The number of thioether (sulfide) groups is 1. The van der Waals surface area contributed by atoms with Crippen molar-refractivity contribution in [1.29, 1.82) is 5.41 Å². The summed E-state index contributed by atoms with van der Waals surface area (Å²) in [6.07, 6.45) is 7.73. The van der Waals surface area contributed by atoms with Gasteiger partial charge in [-0.2, -0.15) is 15.1 Å². The summed E-state index contributed by atoms with van der Waals surface area (Å²) in [5, 5.41) is 17.7. The fraction of sp³-hybridized carbons (Fsp3) is 0.355. The number of hydrogen-bond donors (Lipinski definition) is 1. The minimum Gasteiger partial charge on any atom is -0.492 e. The van der Waals surface area contributed by atoms with Crippen LogP contribution < -0.4 is 4.74 Å².